The normalized spacial score (nSPS) is 15.1. The van der Waals surface area contributed by atoms with E-state index in [2.05, 4.69) is 10.1 Å². The fourth-order valence-electron chi connectivity index (χ4n) is 3.85. The number of ether oxygens (including phenoxy) is 2. The van der Waals surface area contributed by atoms with Crippen molar-refractivity contribution in [2.75, 3.05) is 13.7 Å². The molecule has 0 fully saturated rings. The van der Waals surface area contributed by atoms with Gasteiger partial charge < -0.3 is 14.0 Å². The van der Waals surface area contributed by atoms with Gasteiger partial charge in [-0.2, -0.15) is 18.2 Å². The van der Waals surface area contributed by atoms with Crippen molar-refractivity contribution in [3.05, 3.63) is 59.2 Å². The molecule has 1 aliphatic rings. The Bertz CT molecular complexity index is 1250. The number of hydrogen-bond donors (Lipinski definition) is 0. The highest BCUT2D eigenvalue weighted by Crippen LogP contribution is 2.42. The predicted molar refractivity (Wildman–Crippen MR) is 119 cm³/mol. The van der Waals surface area contributed by atoms with E-state index in [1.54, 1.807) is 19.1 Å². The summed E-state index contributed by atoms with van der Waals surface area (Å²) < 4.78 is 55.1. The number of carbonyl (C=O) groups excluding carboxylic acids is 1. The average Bonchev–Trinajstić information content (AvgIpc) is 3.42. The van der Waals surface area contributed by atoms with Gasteiger partial charge in [0.2, 0.25) is 5.82 Å². The van der Waals surface area contributed by atoms with Gasteiger partial charge in [0.15, 0.2) is 0 Å². The first-order valence-corrected chi connectivity index (χ1v) is 10.9. The summed E-state index contributed by atoms with van der Waals surface area (Å²) in [6, 6.07) is 8.98. The maximum atomic E-state index is 13.3. The van der Waals surface area contributed by atoms with Crippen LogP contribution in [0.1, 0.15) is 42.4 Å². The Morgan fingerprint density at radius 3 is 2.65 bits per heavy atom. The Labute approximate surface area is 198 Å². The van der Waals surface area contributed by atoms with Gasteiger partial charge in [0.25, 0.3) is 5.89 Å². The van der Waals surface area contributed by atoms with Crippen molar-refractivity contribution >= 4 is 22.6 Å². The van der Waals surface area contributed by atoms with Crippen LogP contribution in [-0.4, -0.2) is 29.8 Å². The molecule has 1 heterocycles. The average molecular weight is 493 g/mol. The van der Waals surface area contributed by atoms with Crippen molar-refractivity contribution in [3.8, 4) is 28.6 Å². The first-order valence-electron chi connectivity index (χ1n) is 10.5. The highest BCUT2D eigenvalue weighted by Gasteiger charge is 2.35. The number of methoxy groups -OCH3 is 1. The number of fused-ring (bicyclic) bond motifs is 1. The van der Waals surface area contributed by atoms with Crippen LogP contribution in [0.2, 0.25) is 0 Å². The molecule has 1 aliphatic carbocycles. The van der Waals surface area contributed by atoms with E-state index in [1.165, 1.54) is 19.2 Å². The van der Waals surface area contributed by atoms with Crippen LogP contribution in [0.25, 0.3) is 27.9 Å². The summed E-state index contributed by atoms with van der Waals surface area (Å²) in [6.07, 6.45) is -1.88. The molecule has 0 amide bonds. The number of nitrogens with zero attached hydrogens (tertiary/aromatic N) is 2. The van der Waals surface area contributed by atoms with Crippen molar-refractivity contribution in [2.24, 2.45) is 0 Å². The second kappa shape index (κ2) is 9.50. The fourth-order valence-corrected chi connectivity index (χ4v) is 4.16. The van der Waals surface area contributed by atoms with Crippen molar-refractivity contribution in [1.82, 2.24) is 10.1 Å². The van der Waals surface area contributed by atoms with Crippen LogP contribution < -0.4 is 4.74 Å². The van der Waals surface area contributed by atoms with Crippen LogP contribution >= 0.6 is 11.6 Å². The van der Waals surface area contributed by atoms with Crippen LogP contribution in [0.3, 0.4) is 0 Å². The van der Waals surface area contributed by atoms with Crippen LogP contribution in [-0.2, 0) is 15.7 Å². The van der Waals surface area contributed by atoms with Crippen molar-refractivity contribution < 1.29 is 32.0 Å². The molecule has 1 unspecified atom stereocenters. The SMILES string of the molecule is CCOC(=O)CCC1C=C(Cl)c2cc(-c3noc(-c4ccc(OC)c(C(F)(F)F)c4)n3)ccc21. The van der Waals surface area contributed by atoms with Crippen molar-refractivity contribution in [1.29, 1.82) is 0 Å². The van der Waals surface area contributed by atoms with Gasteiger partial charge in [-0.1, -0.05) is 35.0 Å². The maximum absolute atomic E-state index is 13.3. The molecule has 34 heavy (non-hydrogen) atoms. The molecular weight excluding hydrogens is 473 g/mol. The third kappa shape index (κ3) is 4.79. The van der Waals surface area contributed by atoms with E-state index < -0.39 is 11.7 Å². The molecule has 1 atom stereocenters. The smallest absolute Gasteiger partial charge is 0.419 e. The van der Waals surface area contributed by atoms with Crippen molar-refractivity contribution in [3.63, 3.8) is 0 Å². The molecule has 0 N–H and O–H groups in total. The third-order valence-electron chi connectivity index (χ3n) is 5.46. The number of carbonyl (C=O) groups is 1. The first-order chi connectivity index (χ1) is 16.2. The topological polar surface area (TPSA) is 74.5 Å². The molecule has 10 heteroatoms. The number of allylic oxidation sites excluding steroid dienone is 1. The molecule has 3 aromatic rings. The predicted octanol–water partition coefficient (Wildman–Crippen LogP) is 6.45. The zero-order chi connectivity index (χ0) is 24.5. The number of alkyl halides is 3. The molecule has 6 nitrogen and oxygen atoms in total. The Morgan fingerprint density at radius 1 is 1.18 bits per heavy atom. The quantitative estimate of drug-likeness (QED) is 0.353. The molecule has 0 saturated heterocycles. The molecule has 178 valence electrons. The lowest BCUT2D eigenvalue weighted by Gasteiger charge is -2.12. The van der Waals surface area contributed by atoms with E-state index in [4.69, 9.17) is 25.6 Å². The number of hydrogen-bond acceptors (Lipinski definition) is 6. The molecule has 4 rings (SSSR count). The van der Waals surface area contributed by atoms with Crippen LogP contribution in [0.5, 0.6) is 5.75 Å². The van der Waals surface area contributed by atoms with Crippen LogP contribution in [0, 0.1) is 0 Å². The third-order valence-corrected chi connectivity index (χ3v) is 5.79. The highest BCUT2D eigenvalue weighted by atomic mass is 35.5. The zero-order valence-corrected chi connectivity index (χ0v) is 19.0. The standard InChI is InChI=1S/C24H20ClF3N2O4/c1-3-33-21(31)9-6-13-12-19(25)17-10-14(4-7-16(13)17)22-29-23(34-30-22)15-5-8-20(32-2)18(11-15)24(26,27)28/h4-5,7-8,10-13H,3,6,9H2,1-2H3. The zero-order valence-electron chi connectivity index (χ0n) is 18.3. The lowest BCUT2D eigenvalue weighted by atomic mass is 9.95. The molecule has 0 aliphatic heterocycles. The second-order valence-corrected chi connectivity index (χ2v) is 8.01. The maximum Gasteiger partial charge on any atom is 0.419 e. The van der Waals surface area contributed by atoms with E-state index in [0.29, 0.717) is 23.6 Å². The summed E-state index contributed by atoms with van der Waals surface area (Å²) in [5.41, 5.74) is 1.52. The van der Waals surface area contributed by atoms with Crippen LogP contribution in [0.15, 0.2) is 47.0 Å². The number of esters is 1. The number of aromatic nitrogens is 2. The van der Waals surface area contributed by atoms with Gasteiger partial charge in [0, 0.05) is 28.5 Å². The summed E-state index contributed by atoms with van der Waals surface area (Å²) in [6.45, 7) is 2.09. The summed E-state index contributed by atoms with van der Waals surface area (Å²) in [7, 11) is 1.17. The van der Waals surface area contributed by atoms with E-state index in [-0.39, 0.29) is 41.3 Å². The minimum absolute atomic E-state index is 0.0260. The Kier molecular flexibility index (Phi) is 6.65. The largest absolute Gasteiger partial charge is 0.496 e. The summed E-state index contributed by atoms with van der Waals surface area (Å²) in [5, 5.41) is 4.47. The highest BCUT2D eigenvalue weighted by molar-refractivity contribution is 6.49. The molecule has 0 spiro atoms. The van der Waals surface area contributed by atoms with E-state index >= 15 is 0 Å². The van der Waals surface area contributed by atoms with Crippen molar-refractivity contribution in [2.45, 2.75) is 31.9 Å². The summed E-state index contributed by atoms with van der Waals surface area (Å²) >= 11 is 6.43. The fraction of sp³-hybridized carbons (Fsp3) is 0.292. The minimum atomic E-state index is -4.60. The number of rotatable bonds is 7. The van der Waals surface area contributed by atoms with E-state index in [0.717, 1.165) is 17.2 Å². The molecular formula is C24H20ClF3N2O4. The number of benzene rings is 2. The van der Waals surface area contributed by atoms with Gasteiger partial charge in [-0.25, -0.2) is 0 Å². The van der Waals surface area contributed by atoms with Gasteiger partial charge >= 0.3 is 12.1 Å². The van der Waals surface area contributed by atoms with Gasteiger partial charge in [-0.3, -0.25) is 4.79 Å². The minimum Gasteiger partial charge on any atom is -0.496 e. The first kappa shape index (κ1) is 23.8. The van der Waals surface area contributed by atoms with E-state index in [9.17, 15) is 18.0 Å². The molecule has 0 radical (unpaired) electrons. The van der Waals surface area contributed by atoms with Gasteiger partial charge in [0.1, 0.15) is 5.75 Å². The summed E-state index contributed by atoms with van der Waals surface area (Å²) in [5.74, 6) is -0.432. The van der Waals surface area contributed by atoms with Gasteiger partial charge in [-0.05, 0) is 48.7 Å². The van der Waals surface area contributed by atoms with Crippen LogP contribution in [0.4, 0.5) is 13.2 Å². The van der Waals surface area contributed by atoms with E-state index in [1.807, 2.05) is 12.1 Å². The summed E-state index contributed by atoms with van der Waals surface area (Å²) in [4.78, 5) is 16.0. The Balaban J connectivity index is 1.58. The molecule has 0 bridgehead atoms. The molecule has 1 aromatic heterocycles. The lowest BCUT2D eigenvalue weighted by molar-refractivity contribution is -0.143. The Morgan fingerprint density at radius 2 is 1.94 bits per heavy atom. The Hall–Kier alpha value is -3.33. The lowest BCUT2D eigenvalue weighted by Crippen LogP contribution is -2.07. The molecule has 2 aromatic carbocycles. The van der Waals surface area contributed by atoms with Gasteiger partial charge in [-0.15, -0.1) is 0 Å². The second-order valence-electron chi connectivity index (χ2n) is 7.60. The number of halogens is 4. The molecule has 0 saturated carbocycles. The van der Waals surface area contributed by atoms with Gasteiger partial charge in [0.05, 0.1) is 19.3 Å². The monoisotopic (exact) mass is 492 g/mol.